The van der Waals surface area contributed by atoms with Crippen LogP contribution < -0.4 is 0 Å². The van der Waals surface area contributed by atoms with Crippen molar-refractivity contribution in [1.82, 2.24) is 0 Å². The molecule has 0 N–H and O–H groups in total. The van der Waals surface area contributed by atoms with Gasteiger partial charge in [-0.2, -0.15) is 35.1 Å². The number of rotatable bonds is 2. The van der Waals surface area contributed by atoms with Crippen LogP contribution in [0, 0.1) is 0 Å². The van der Waals surface area contributed by atoms with Crippen LogP contribution in [0.5, 0.6) is 0 Å². The summed E-state index contributed by atoms with van der Waals surface area (Å²) in [5.41, 5.74) is 0. The summed E-state index contributed by atoms with van der Waals surface area (Å²) >= 11 is 7.26. The van der Waals surface area contributed by atoms with Crippen molar-refractivity contribution in [3.63, 3.8) is 0 Å². The first-order chi connectivity index (χ1) is 7.00. The third-order valence-corrected chi connectivity index (χ3v) is 2.40. The van der Waals surface area contributed by atoms with Crippen molar-refractivity contribution in [2.24, 2.45) is 0 Å². The molecule has 17 heavy (non-hydrogen) atoms. The van der Waals surface area contributed by atoms with E-state index in [1.165, 1.54) is 0 Å². The summed E-state index contributed by atoms with van der Waals surface area (Å²) in [5.74, 6) is -6.79. The van der Waals surface area contributed by atoms with Gasteiger partial charge in [0.25, 0.3) is 0 Å². The molecule has 0 saturated carbocycles. The zero-order valence-corrected chi connectivity index (χ0v) is 8.55. The molecule has 0 heterocycles. The quantitative estimate of drug-likeness (QED) is 0.517. The van der Waals surface area contributed by atoms with Crippen molar-refractivity contribution in [1.29, 1.82) is 0 Å². The van der Waals surface area contributed by atoms with E-state index in [1.54, 1.807) is 0 Å². The Balaban J connectivity index is 5.73. The molecule has 0 aliphatic rings. The lowest BCUT2D eigenvalue weighted by atomic mass is 10.1. The van der Waals surface area contributed by atoms with Gasteiger partial charge in [-0.05, 0) is 0 Å². The lowest BCUT2D eigenvalue weighted by molar-refractivity contribution is -0.331. The minimum absolute atomic E-state index is 3.63. The van der Waals surface area contributed by atoms with Gasteiger partial charge in [0.05, 0.1) is 0 Å². The Hall–Kier alpha value is -0.120. The predicted octanol–water partition coefficient (Wildman–Crippen LogP) is 4.56. The molecule has 0 saturated heterocycles. The molecule has 0 bridgehead atoms. The highest BCUT2D eigenvalue weighted by Gasteiger charge is 2.85. The fourth-order valence-corrected chi connectivity index (χ4v) is 0.862. The van der Waals surface area contributed by atoms with Crippen LogP contribution in [-0.2, 0) is 0 Å². The molecule has 12 heteroatoms. The molecule has 0 amide bonds. The molecule has 0 aliphatic carbocycles. The summed E-state index contributed by atoms with van der Waals surface area (Å²) in [4.78, 5) is 0. The van der Waals surface area contributed by atoms with Crippen LogP contribution >= 0.6 is 23.2 Å². The van der Waals surface area contributed by atoms with Gasteiger partial charge < -0.3 is 0 Å². The largest absolute Gasteiger partial charge is 0.443 e. The van der Waals surface area contributed by atoms with Gasteiger partial charge in [-0.1, -0.05) is 23.2 Å². The fourth-order valence-electron chi connectivity index (χ4n) is 0.553. The molecule has 0 nitrogen and oxygen atoms in total. The first-order valence-corrected chi connectivity index (χ1v) is 4.02. The molecule has 0 aromatic rings. The number of hydrogen-bond acceptors (Lipinski definition) is 0. The highest BCUT2D eigenvalue weighted by molar-refractivity contribution is 6.28. The van der Waals surface area contributed by atoms with Crippen LogP contribution in [0.4, 0.5) is 43.9 Å². The first-order valence-electron chi connectivity index (χ1n) is 3.27. The standard InChI is InChI=1S/C5Cl2F10/c6-1(8,4(12,13)14)3(10,11)2(7,9)5(15,16)17. The van der Waals surface area contributed by atoms with E-state index in [1.807, 2.05) is 0 Å². The molecule has 0 aromatic heterocycles. The van der Waals surface area contributed by atoms with E-state index in [0.29, 0.717) is 0 Å². The van der Waals surface area contributed by atoms with Crippen molar-refractivity contribution in [3.8, 4) is 0 Å². The van der Waals surface area contributed by atoms with E-state index in [4.69, 9.17) is 0 Å². The smallest absolute Gasteiger partial charge is 0.209 e. The summed E-state index contributed by atoms with van der Waals surface area (Å²) in [6, 6.07) is 0. The zero-order valence-electron chi connectivity index (χ0n) is 7.04. The molecule has 104 valence electrons. The van der Waals surface area contributed by atoms with Crippen LogP contribution in [-0.4, -0.2) is 28.5 Å². The predicted molar refractivity (Wildman–Crippen MR) is 36.4 cm³/mol. The van der Waals surface area contributed by atoms with Gasteiger partial charge in [0.15, 0.2) is 0 Å². The molecular weight excluding hydrogens is 321 g/mol. The van der Waals surface area contributed by atoms with Crippen molar-refractivity contribution in [2.75, 3.05) is 0 Å². The van der Waals surface area contributed by atoms with Gasteiger partial charge in [0, 0.05) is 0 Å². The van der Waals surface area contributed by atoms with Crippen LogP contribution in [0.25, 0.3) is 0 Å². The van der Waals surface area contributed by atoms with Crippen LogP contribution in [0.3, 0.4) is 0 Å². The molecule has 2 atom stereocenters. The van der Waals surface area contributed by atoms with Crippen LogP contribution in [0.2, 0.25) is 0 Å². The highest BCUT2D eigenvalue weighted by Crippen LogP contribution is 2.59. The van der Waals surface area contributed by atoms with Crippen molar-refractivity contribution in [3.05, 3.63) is 0 Å². The highest BCUT2D eigenvalue weighted by atomic mass is 35.5. The maximum atomic E-state index is 12.5. The fraction of sp³-hybridized carbons (Fsp3) is 1.00. The van der Waals surface area contributed by atoms with Crippen molar-refractivity contribution >= 4 is 23.2 Å². The molecule has 2 unspecified atom stereocenters. The second-order valence-electron chi connectivity index (χ2n) is 2.72. The average molecular weight is 321 g/mol. The Bertz CT molecular complexity index is 258. The Morgan fingerprint density at radius 3 is 0.765 bits per heavy atom. The van der Waals surface area contributed by atoms with Crippen molar-refractivity contribution < 1.29 is 43.9 Å². The monoisotopic (exact) mass is 320 g/mol. The number of hydrogen-bond donors (Lipinski definition) is 0. The molecule has 0 rings (SSSR count). The normalized spacial score (nSPS) is 21.9. The minimum Gasteiger partial charge on any atom is -0.209 e. The Morgan fingerprint density at radius 1 is 0.471 bits per heavy atom. The van der Waals surface area contributed by atoms with Gasteiger partial charge in [-0.15, -0.1) is 0 Å². The summed E-state index contributed by atoms with van der Waals surface area (Å²) in [6.07, 6.45) is -13.3. The van der Waals surface area contributed by atoms with E-state index in [0.717, 1.165) is 0 Å². The SMILES string of the molecule is FC(F)(F)C(F)(Cl)C(F)(F)C(F)(Cl)C(F)(F)F. The molecular formula is C5Cl2F10. The summed E-state index contributed by atoms with van der Waals surface area (Å²) in [7, 11) is 0. The first kappa shape index (κ1) is 16.9. The topological polar surface area (TPSA) is 0 Å². The molecule has 0 spiro atoms. The maximum absolute atomic E-state index is 12.5. The second kappa shape index (κ2) is 3.94. The molecule has 0 aliphatic heterocycles. The Kier molecular flexibility index (Phi) is 3.91. The minimum atomic E-state index is -6.79. The zero-order chi connectivity index (χ0) is 14.5. The van der Waals surface area contributed by atoms with Gasteiger partial charge in [-0.25, -0.2) is 8.78 Å². The van der Waals surface area contributed by atoms with E-state index >= 15 is 0 Å². The number of alkyl halides is 12. The van der Waals surface area contributed by atoms with Crippen LogP contribution in [0.15, 0.2) is 0 Å². The molecule has 0 fully saturated rings. The van der Waals surface area contributed by atoms with Crippen molar-refractivity contribution in [2.45, 2.75) is 28.5 Å². The lowest BCUT2D eigenvalue weighted by Gasteiger charge is -2.36. The Morgan fingerprint density at radius 2 is 0.647 bits per heavy atom. The second-order valence-corrected chi connectivity index (χ2v) is 3.76. The summed E-state index contributed by atoms with van der Waals surface area (Å²) < 4.78 is 120. The molecule has 0 aromatic carbocycles. The summed E-state index contributed by atoms with van der Waals surface area (Å²) in [6.45, 7) is 0. The van der Waals surface area contributed by atoms with E-state index in [-0.39, 0.29) is 0 Å². The van der Waals surface area contributed by atoms with E-state index in [9.17, 15) is 43.9 Å². The third-order valence-electron chi connectivity index (χ3n) is 1.50. The summed E-state index contributed by atoms with van der Waals surface area (Å²) in [5, 5.41) is -12.6. The molecule has 0 radical (unpaired) electrons. The van der Waals surface area contributed by atoms with Gasteiger partial charge in [0.2, 0.25) is 0 Å². The van der Waals surface area contributed by atoms with Gasteiger partial charge in [0.1, 0.15) is 0 Å². The third kappa shape index (κ3) is 2.38. The van der Waals surface area contributed by atoms with Gasteiger partial charge in [-0.3, -0.25) is 0 Å². The van der Waals surface area contributed by atoms with E-state index in [2.05, 4.69) is 23.2 Å². The average Bonchev–Trinajstić information content (AvgIpc) is 1.98. The van der Waals surface area contributed by atoms with Gasteiger partial charge >= 0.3 is 28.5 Å². The number of halogens is 12. The van der Waals surface area contributed by atoms with E-state index < -0.39 is 28.5 Å². The Labute approximate surface area is 96.5 Å². The lowest BCUT2D eigenvalue weighted by Crippen LogP contribution is -2.64. The van der Waals surface area contributed by atoms with Crippen LogP contribution in [0.1, 0.15) is 0 Å². The maximum Gasteiger partial charge on any atom is 0.443 e.